The third kappa shape index (κ3) is 3.04. The van der Waals surface area contributed by atoms with Crippen molar-refractivity contribution in [3.05, 3.63) is 23.3 Å². The minimum atomic E-state index is -1.13. The van der Waals surface area contributed by atoms with E-state index in [2.05, 4.69) is 4.99 Å². The van der Waals surface area contributed by atoms with E-state index in [1.165, 1.54) is 27.2 Å². The summed E-state index contributed by atoms with van der Waals surface area (Å²) < 4.78 is 23.6. The Bertz CT molecular complexity index is 440. The predicted molar refractivity (Wildman–Crippen MR) is 60.9 cm³/mol. The molecule has 0 aliphatic rings. The fourth-order valence-corrected chi connectivity index (χ4v) is 1.53. The van der Waals surface area contributed by atoms with Crippen molar-refractivity contribution in [2.24, 2.45) is 4.99 Å². The van der Waals surface area contributed by atoms with Gasteiger partial charge in [0.2, 0.25) is 6.08 Å². The number of carbonyl (C=O) groups excluding carboxylic acids is 1. The van der Waals surface area contributed by atoms with Gasteiger partial charge < -0.3 is 9.47 Å². The molecule has 0 saturated carbocycles. The molecule has 0 amide bonds. The van der Waals surface area contributed by atoms with Gasteiger partial charge in [-0.05, 0) is 24.6 Å². The zero-order chi connectivity index (χ0) is 12.8. The molecule has 1 atom stereocenters. The fraction of sp³-hybridized carbons (Fsp3) is 0.417. The molecular formula is C12H14FNO3. The molecule has 1 unspecified atom stereocenters. The maximum Gasteiger partial charge on any atom is 0.235 e. The summed E-state index contributed by atoms with van der Waals surface area (Å²) in [5.74, 6) is 0.876. The van der Waals surface area contributed by atoms with Gasteiger partial charge >= 0.3 is 0 Å². The number of isocyanates is 1. The van der Waals surface area contributed by atoms with Gasteiger partial charge in [0.25, 0.3) is 0 Å². The number of halogens is 1. The number of aliphatic imine (C=N–C) groups is 1. The largest absolute Gasteiger partial charge is 0.493 e. The molecule has 92 valence electrons. The first kappa shape index (κ1) is 13.2. The number of nitrogens with zero attached hydrogens (tertiary/aromatic N) is 1. The van der Waals surface area contributed by atoms with E-state index in [0.717, 1.165) is 0 Å². The SMILES string of the molecule is COc1cc(C(C)F)cc(CN=C=O)c1OC. The highest BCUT2D eigenvalue weighted by Crippen LogP contribution is 2.35. The molecule has 0 aliphatic carbocycles. The number of benzene rings is 1. The van der Waals surface area contributed by atoms with E-state index in [1.54, 1.807) is 12.1 Å². The van der Waals surface area contributed by atoms with Crippen molar-refractivity contribution in [3.8, 4) is 11.5 Å². The van der Waals surface area contributed by atoms with Gasteiger partial charge in [-0.25, -0.2) is 14.2 Å². The molecule has 0 fully saturated rings. The lowest BCUT2D eigenvalue weighted by molar-refractivity contribution is 0.344. The van der Waals surface area contributed by atoms with Crippen LogP contribution >= 0.6 is 0 Å². The summed E-state index contributed by atoms with van der Waals surface area (Å²) in [6.07, 6.45) is 0.308. The lowest BCUT2D eigenvalue weighted by Crippen LogP contribution is -1.98. The molecule has 0 aromatic heterocycles. The monoisotopic (exact) mass is 239 g/mol. The molecule has 17 heavy (non-hydrogen) atoms. The summed E-state index contributed by atoms with van der Waals surface area (Å²) in [5, 5.41) is 0. The summed E-state index contributed by atoms with van der Waals surface area (Å²) in [7, 11) is 2.95. The maximum absolute atomic E-state index is 13.3. The first-order chi connectivity index (χ1) is 8.13. The van der Waals surface area contributed by atoms with Gasteiger partial charge in [0, 0.05) is 5.56 Å². The average Bonchev–Trinajstić information content (AvgIpc) is 2.34. The molecular weight excluding hydrogens is 225 g/mol. The van der Waals surface area contributed by atoms with Gasteiger partial charge in [0.1, 0.15) is 6.17 Å². The standard InChI is InChI=1S/C12H14FNO3/c1-8(13)9-4-10(6-14-7-15)12(17-3)11(5-9)16-2/h4-5,8H,6H2,1-3H3. The minimum Gasteiger partial charge on any atom is -0.493 e. The summed E-state index contributed by atoms with van der Waals surface area (Å²) in [4.78, 5) is 13.6. The van der Waals surface area contributed by atoms with Crippen molar-refractivity contribution in [1.29, 1.82) is 0 Å². The number of hydrogen-bond acceptors (Lipinski definition) is 4. The van der Waals surface area contributed by atoms with Gasteiger partial charge in [0.15, 0.2) is 11.5 Å². The van der Waals surface area contributed by atoms with E-state index in [0.29, 0.717) is 22.6 Å². The molecule has 0 N–H and O–H groups in total. The van der Waals surface area contributed by atoms with Crippen LogP contribution in [-0.4, -0.2) is 20.3 Å². The van der Waals surface area contributed by atoms with Crippen LogP contribution in [0.1, 0.15) is 24.2 Å². The summed E-state index contributed by atoms with van der Waals surface area (Å²) in [6.45, 7) is 1.51. The Morgan fingerprint density at radius 2 is 2.12 bits per heavy atom. The summed E-state index contributed by atoms with van der Waals surface area (Å²) >= 11 is 0. The Morgan fingerprint density at radius 3 is 2.59 bits per heavy atom. The molecule has 0 aliphatic heterocycles. The highest BCUT2D eigenvalue weighted by atomic mass is 19.1. The number of methoxy groups -OCH3 is 2. The second-order valence-corrected chi connectivity index (χ2v) is 3.44. The molecule has 5 heteroatoms. The van der Waals surface area contributed by atoms with E-state index in [4.69, 9.17) is 9.47 Å². The first-order valence-corrected chi connectivity index (χ1v) is 5.06. The summed E-state index contributed by atoms with van der Waals surface area (Å²) in [5.41, 5.74) is 1.05. The Morgan fingerprint density at radius 1 is 1.41 bits per heavy atom. The van der Waals surface area contributed by atoms with Crippen molar-refractivity contribution in [2.75, 3.05) is 14.2 Å². The molecule has 0 saturated heterocycles. The van der Waals surface area contributed by atoms with Gasteiger partial charge in [-0.15, -0.1) is 0 Å². The first-order valence-electron chi connectivity index (χ1n) is 5.06. The van der Waals surface area contributed by atoms with Crippen LogP contribution in [0, 0.1) is 0 Å². The van der Waals surface area contributed by atoms with Gasteiger partial charge in [-0.3, -0.25) is 0 Å². The van der Waals surface area contributed by atoms with E-state index in [-0.39, 0.29) is 6.54 Å². The van der Waals surface area contributed by atoms with Crippen LogP contribution in [0.4, 0.5) is 4.39 Å². The van der Waals surface area contributed by atoms with E-state index >= 15 is 0 Å². The van der Waals surface area contributed by atoms with Crippen molar-refractivity contribution >= 4 is 6.08 Å². The molecule has 1 rings (SSSR count). The van der Waals surface area contributed by atoms with E-state index in [1.807, 2.05) is 0 Å². The third-order valence-corrected chi connectivity index (χ3v) is 2.35. The van der Waals surface area contributed by atoms with Crippen LogP contribution in [0.15, 0.2) is 17.1 Å². The predicted octanol–water partition coefficient (Wildman–Crippen LogP) is 2.57. The molecule has 4 nitrogen and oxygen atoms in total. The van der Waals surface area contributed by atoms with Crippen molar-refractivity contribution in [1.82, 2.24) is 0 Å². The second kappa shape index (κ2) is 6.01. The molecule has 0 bridgehead atoms. The number of ether oxygens (including phenoxy) is 2. The molecule has 1 aromatic carbocycles. The minimum absolute atomic E-state index is 0.0869. The van der Waals surface area contributed by atoms with Gasteiger partial charge in [-0.2, -0.15) is 0 Å². The fourth-order valence-electron chi connectivity index (χ4n) is 1.53. The van der Waals surface area contributed by atoms with Crippen LogP contribution in [0.25, 0.3) is 0 Å². The van der Waals surface area contributed by atoms with Crippen LogP contribution < -0.4 is 9.47 Å². The molecule has 0 radical (unpaired) electrons. The van der Waals surface area contributed by atoms with E-state index < -0.39 is 6.17 Å². The Labute approximate surface area is 99.1 Å². The van der Waals surface area contributed by atoms with Crippen LogP contribution in [-0.2, 0) is 11.3 Å². The summed E-state index contributed by atoms with van der Waals surface area (Å²) in [6, 6.07) is 3.17. The van der Waals surface area contributed by atoms with Gasteiger partial charge in [-0.1, -0.05) is 0 Å². The highest BCUT2D eigenvalue weighted by Gasteiger charge is 2.14. The quantitative estimate of drug-likeness (QED) is 0.586. The maximum atomic E-state index is 13.3. The van der Waals surface area contributed by atoms with Crippen molar-refractivity contribution < 1.29 is 18.7 Å². The van der Waals surface area contributed by atoms with Crippen molar-refractivity contribution in [3.63, 3.8) is 0 Å². The zero-order valence-electron chi connectivity index (χ0n) is 9.99. The highest BCUT2D eigenvalue weighted by molar-refractivity contribution is 5.50. The second-order valence-electron chi connectivity index (χ2n) is 3.44. The van der Waals surface area contributed by atoms with Crippen LogP contribution in [0.3, 0.4) is 0 Å². The normalized spacial score (nSPS) is 11.5. The zero-order valence-corrected chi connectivity index (χ0v) is 9.99. The molecule has 0 spiro atoms. The smallest absolute Gasteiger partial charge is 0.235 e. The Balaban J connectivity index is 3.30. The number of rotatable bonds is 5. The third-order valence-electron chi connectivity index (χ3n) is 2.35. The lowest BCUT2D eigenvalue weighted by Gasteiger charge is -2.14. The van der Waals surface area contributed by atoms with Crippen molar-refractivity contribution in [2.45, 2.75) is 19.6 Å². The van der Waals surface area contributed by atoms with E-state index in [9.17, 15) is 9.18 Å². The number of hydrogen-bond donors (Lipinski definition) is 0. The average molecular weight is 239 g/mol. The Hall–Kier alpha value is -1.87. The molecule has 0 heterocycles. The molecule has 1 aromatic rings. The van der Waals surface area contributed by atoms with Gasteiger partial charge in [0.05, 0.1) is 20.8 Å². The lowest BCUT2D eigenvalue weighted by atomic mass is 10.1. The van der Waals surface area contributed by atoms with Crippen LogP contribution in [0.2, 0.25) is 0 Å². The Kier molecular flexibility index (Phi) is 4.67. The van der Waals surface area contributed by atoms with Crippen LogP contribution in [0.5, 0.6) is 11.5 Å². The topological polar surface area (TPSA) is 47.9 Å². The number of alkyl halides is 1.